The van der Waals surface area contributed by atoms with E-state index in [0.717, 1.165) is 64.4 Å². The average molecular weight is 483 g/mol. The number of carbonyl (C=O) groups excluding carboxylic acids is 1. The highest BCUT2D eigenvalue weighted by Crippen LogP contribution is 2.49. The number of hydrogen-bond acceptors (Lipinski definition) is 7. The Labute approximate surface area is 210 Å². The van der Waals surface area contributed by atoms with Crippen molar-refractivity contribution in [1.82, 2.24) is 29.7 Å². The summed E-state index contributed by atoms with van der Waals surface area (Å²) in [4.78, 5) is 30.7. The van der Waals surface area contributed by atoms with E-state index >= 15 is 0 Å². The summed E-state index contributed by atoms with van der Waals surface area (Å²) in [6.45, 7) is 4.35. The molecule has 3 heterocycles. The Hall–Kier alpha value is -3.94. The minimum Gasteiger partial charge on any atom is -0.468 e. The fraction of sp³-hybridized carbons (Fsp3) is 0.357. The fourth-order valence-corrected chi connectivity index (χ4v) is 4.62. The maximum absolute atomic E-state index is 12.2. The SMILES string of the molecule is COC(=O)C1(c2ccc(-c3cnc(-c4cnn(C)c4Cc4cncc(CC(C)C)n4)cn3)cc2)CC1. The van der Waals surface area contributed by atoms with Gasteiger partial charge in [-0.25, -0.2) is 0 Å². The Kier molecular flexibility index (Phi) is 6.35. The second-order valence-corrected chi connectivity index (χ2v) is 9.84. The number of esters is 1. The minimum atomic E-state index is -0.474. The largest absolute Gasteiger partial charge is 0.468 e. The molecule has 0 aliphatic heterocycles. The number of benzene rings is 1. The first kappa shape index (κ1) is 23.8. The van der Waals surface area contributed by atoms with Gasteiger partial charge in [0.05, 0.1) is 59.6 Å². The number of aryl methyl sites for hydroxylation is 1. The van der Waals surface area contributed by atoms with Crippen LogP contribution in [-0.4, -0.2) is 42.8 Å². The lowest BCUT2D eigenvalue weighted by atomic mass is 9.95. The fourth-order valence-electron chi connectivity index (χ4n) is 4.62. The quantitative estimate of drug-likeness (QED) is 0.345. The first-order chi connectivity index (χ1) is 17.4. The number of aromatic nitrogens is 6. The summed E-state index contributed by atoms with van der Waals surface area (Å²) in [5, 5.41) is 4.46. The highest BCUT2D eigenvalue weighted by Gasteiger charge is 2.52. The second-order valence-electron chi connectivity index (χ2n) is 9.84. The van der Waals surface area contributed by atoms with Crippen LogP contribution in [0.5, 0.6) is 0 Å². The second kappa shape index (κ2) is 9.60. The van der Waals surface area contributed by atoms with E-state index in [1.165, 1.54) is 7.11 Å². The average Bonchev–Trinajstić information content (AvgIpc) is 3.62. The van der Waals surface area contributed by atoms with Gasteiger partial charge >= 0.3 is 5.97 Å². The molecule has 36 heavy (non-hydrogen) atoms. The number of rotatable bonds is 8. The summed E-state index contributed by atoms with van der Waals surface area (Å²) in [6.07, 6.45) is 12.2. The molecule has 1 fully saturated rings. The van der Waals surface area contributed by atoms with Crippen molar-refractivity contribution in [2.75, 3.05) is 7.11 Å². The van der Waals surface area contributed by atoms with E-state index in [9.17, 15) is 4.79 Å². The molecule has 5 rings (SSSR count). The third kappa shape index (κ3) is 4.63. The molecule has 1 aliphatic rings. The third-order valence-electron chi connectivity index (χ3n) is 6.75. The Balaban J connectivity index is 1.36. The van der Waals surface area contributed by atoms with Gasteiger partial charge in [0, 0.05) is 37.0 Å². The van der Waals surface area contributed by atoms with Crippen molar-refractivity contribution < 1.29 is 9.53 Å². The summed E-state index contributed by atoms with van der Waals surface area (Å²) in [5.74, 6) is 0.360. The van der Waals surface area contributed by atoms with Crippen LogP contribution in [0, 0.1) is 5.92 Å². The molecule has 1 aromatic carbocycles. The molecule has 0 atom stereocenters. The molecule has 8 nitrogen and oxygen atoms in total. The molecule has 184 valence electrons. The van der Waals surface area contributed by atoms with E-state index in [2.05, 4.69) is 28.9 Å². The number of ether oxygens (including phenoxy) is 1. The summed E-state index contributed by atoms with van der Waals surface area (Å²) in [7, 11) is 3.37. The van der Waals surface area contributed by atoms with Crippen LogP contribution >= 0.6 is 0 Å². The van der Waals surface area contributed by atoms with E-state index in [4.69, 9.17) is 14.7 Å². The molecule has 1 aliphatic carbocycles. The van der Waals surface area contributed by atoms with Crippen molar-refractivity contribution >= 4 is 5.97 Å². The van der Waals surface area contributed by atoms with Gasteiger partial charge in [-0.2, -0.15) is 5.10 Å². The van der Waals surface area contributed by atoms with Crippen molar-refractivity contribution in [3.8, 4) is 22.5 Å². The van der Waals surface area contributed by atoms with Crippen LogP contribution in [0.3, 0.4) is 0 Å². The monoisotopic (exact) mass is 482 g/mol. The summed E-state index contributed by atoms with van der Waals surface area (Å²) < 4.78 is 6.85. The lowest BCUT2D eigenvalue weighted by Gasteiger charge is -2.13. The van der Waals surface area contributed by atoms with Crippen LogP contribution in [0.4, 0.5) is 0 Å². The zero-order valence-electron chi connectivity index (χ0n) is 21.1. The topological polar surface area (TPSA) is 95.7 Å². The molecule has 1 saturated carbocycles. The van der Waals surface area contributed by atoms with Crippen molar-refractivity contribution in [2.24, 2.45) is 13.0 Å². The number of methoxy groups -OCH3 is 1. The molecule has 0 unspecified atom stereocenters. The molecule has 0 saturated heterocycles. The summed E-state index contributed by atoms with van der Waals surface area (Å²) in [5.41, 5.74) is 6.83. The molecule has 0 amide bonds. The highest BCUT2D eigenvalue weighted by molar-refractivity contribution is 5.86. The number of carbonyl (C=O) groups is 1. The lowest BCUT2D eigenvalue weighted by Crippen LogP contribution is -2.21. The molecule has 0 N–H and O–H groups in total. The van der Waals surface area contributed by atoms with Crippen LogP contribution < -0.4 is 0 Å². The summed E-state index contributed by atoms with van der Waals surface area (Å²) in [6, 6.07) is 7.95. The first-order valence-electron chi connectivity index (χ1n) is 12.2. The van der Waals surface area contributed by atoms with E-state index in [0.29, 0.717) is 12.3 Å². The van der Waals surface area contributed by atoms with E-state index in [1.807, 2.05) is 54.6 Å². The minimum absolute atomic E-state index is 0.163. The Morgan fingerprint density at radius 2 is 1.69 bits per heavy atom. The Morgan fingerprint density at radius 3 is 2.33 bits per heavy atom. The van der Waals surface area contributed by atoms with Gasteiger partial charge in [0.1, 0.15) is 0 Å². The van der Waals surface area contributed by atoms with Gasteiger partial charge in [0.25, 0.3) is 0 Å². The van der Waals surface area contributed by atoms with Crippen LogP contribution in [0.2, 0.25) is 0 Å². The third-order valence-corrected chi connectivity index (χ3v) is 6.75. The van der Waals surface area contributed by atoms with Crippen LogP contribution in [-0.2, 0) is 34.8 Å². The predicted octanol–water partition coefficient (Wildman–Crippen LogP) is 4.33. The first-order valence-corrected chi connectivity index (χ1v) is 12.2. The lowest BCUT2D eigenvalue weighted by molar-refractivity contribution is -0.143. The normalized spacial score (nSPS) is 14.1. The maximum atomic E-state index is 12.2. The van der Waals surface area contributed by atoms with Crippen molar-refractivity contribution in [2.45, 2.75) is 44.9 Å². The molecular weight excluding hydrogens is 452 g/mol. The molecule has 0 radical (unpaired) electrons. The summed E-state index contributed by atoms with van der Waals surface area (Å²) >= 11 is 0. The van der Waals surface area contributed by atoms with Gasteiger partial charge < -0.3 is 4.74 Å². The molecule has 3 aromatic heterocycles. The van der Waals surface area contributed by atoms with E-state index in [1.54, 1.807) is 12.4 Å². The number of hydrogen-bond donors (Lipinski definition) is 0. The molecule has 0 spiro atoms. The zero-order valence-corrected chi connectivity index (χ0v) is 21.1. The van der Waals surface area contributed by atoms with Crippen molar-refractivity contribution in [3.05, 3.63) is 77.9 Å². The van der Waals surface area contributed by atoms with Gasteiger partial charge in [0.2, 0.25) is 0 Å². The Morgan fingerprint density at radius 1 is 1.00 bits per heavy atom. The van der Waals surface area contributed by atoms with Gasteiger partial charge in [-0.15, -0.1) is 0 Å². The highest BCUT2D eigenvalue weighted by atomic mass is 16.5. The standard InChI is InChI=1S/C28H30N6O2/c1-18(2)11-21-13-29-14-22(33-21)12-26-23(15-32-34(26)3)25-17-30-24(16-31-25)19-5-7-20(8-6-19)28(9-10-28)27(35)36-4/h5-8,13-18H,9-12H2,1-4H3. The van der Waals surface area contributed by atoms with Crippen molar-refractivity contribution in [3.63, 3.8) is 0 Å². The van der Waals surface area contributed by atoms with Gasteiger partial charge in [0.15, 0.2) is 0 Å². The zero-order chi connectivity index (χ0) is 25.3. The molecular formula is C28H30N6O2. The van der Waals surface area contributed by atoms with Crippen LogP contribution in [0.1, 0.15) is 49.3 Å². The van der Waals surface area contributed by atoms with Gasteiger partial charge in [-0.05, 0) is 30.7 Å². The van der Waals surface area contributed by atoms with Crippen LogP contribution in [0.25, 0.3) is 22.5 Å². The Bertz CT molecular complexity index is 1370. The molecule has 0 bridgehead atoms. The number of nitrogens with zero attached hydrogens (tertiary/aromatic N) is 6. The van der Waals surface area contributed by atoms with E-state index in [-0.39, 0.29) is 5.97 Å². The van der Waals surface area contributed by atoms with Crippen LogP contribution in [0.15, 0.2) is 55.2 Å². The van der Waals surface area contributed by atoms with Gasteiger partial charge in [-0.3, -0.25) is 29.4 Å². The molecule has 8 heteroatoms. The van der Waals surface area contributed by atoms with Crippen molar-refractivity contribution in [1.29, 1.82) is 0 Å². The predicted molar refractivity (Wildman–Crippen MR) is 136 cm³/mol. The van der Waals surface area contributed by atoms with E-state index < -0.39 is 5.41 Å². The smallest absolute Gasteiger partial charge is 0.316 e. The maximum Gasteiger partial charge on any atom is 0.316 e. The molecule has 4 aromatic rings. The van der Waals surface area contributed by atoms with Gasteiger partial charge in [-0.1, -0.05) is 38.1 Å².